The first-order valence-corrected chi connectivity index (χ1v) is 10.2. The maximum Gasteiger partial charge on any atom is 0.276 e. The van der Waals surface area contributed by atoms with Crippen molar-refractivity contribution in [2.24, 2.45) is 0 Å². The second-order valence-electron chi connectivity index (χ2n) is 6.96. The molecule has 0 radical (unpaired) electrons. The van der Waals surface area contributed by atoms with Gasteiger partial charge in [0.25, 0.3) is 5.56 Å². The Kier molecular flexibility index (Phi) is 4.59. The lowest BCUT2D eigenvalue weighted by atomic mass is 10.1. The van der Waals surface area contributed by atoms with E-state index < -0.39 is 11.6 Å². The molecule has 0 unspecified atom stereocenters. The smallest absolute Gasteiger partial charge is 0.267 e. The number of aryl methyl sites for hydroxylation is 2. The Morgan fingerprint density at radius 2 is 1.80 bits per heavy atom. The highest BCUT2D eigenvalue weighted by Gasteiger charge is 2.14. The number of hydrogen-bond donors (Lipinski definition) is 0. The Morgan fingerprint density at radius 1 is 1.00 bits per heavy atom. The number of benzene rings is 2. The quantitative estimate of drug-likeness (QED) is 0.403. The molecule has 30 heavy (non-hydrogen) atoms. The average Bonchev–Trinajstić information content (AvgIpc) is 3.17. The zero-order valence-electron chi connectivity index (χ0n) is 15.7. The van der Waals surface area contributed by atoms with E-state index in [9.17, 15) is 13.6 Å². The minimum absolute atomic E-state index is 0.283. The van der Waals surface area contributed by atoms with Gasteiger partial charge in [-0.2, -0.15) is 5.10 Å². The largest absolute Gasteiger partial charge is 0.276 e. The molecular weight excluding hydrogens is 404 g/mol. The summed E-state index contributed by atoms with van der Waals surface area (Å²) >= 11 is 1.33. The summed E-state index contributed by atoms with van der Waals surface area (Å²) in [5.41, 5.74) is 2.33. The monoisotopic (exact) mass is 419 g/mol. The molecule has 0 N–H and O–H groups in total. The van der Waals surface area contributed by atoms with Crippen molar-refractivity contribution < 1.29 is 8.78 Å². The van der Waals surface area contributed by atoms with E-state index in [1.807, 2.05) is 36.4 Å². The zero-order chi connectivity index (χ0) is 20.7. The molecular formula is C23H15F2N3OS. The summed E-state index contributed by atoms with van der Waals surface area (Å²) in [6, 6.07) is 15.1. The minimum atomic E-state index is -0.680. The van der Waals surface area contributed by atoms with Crippen LogP contribution in [0.15, 0.2) is 71.0 Å². The van der Waals surface area contributed by atoms with Crippen molar-refractivity contribution in [3.8, 4) is 11.1 Å². The fourth-order valence-electron chi connectivity index (χ4n) is 3.54. The van der Waals surface area contributed by atoms with Crippen molar-refractivity contribution in [2.45, 2.75) is 13.0 Å². The van der Waals surface area contributed by atoms with Gasteiger partial charge in [-0.3, -0.25) is 9.78 Å². The molecule has 0 amide bonds. The number of hydrogen-bond acceptors (Lipinski definition) is 4. The normalized spacial score (nSPS) is 11.4. The third-order valence-corrected chi connectivity index (χ3v) is 5.91. The number of para-hydroxylation sites is 1. The molecule has 0 bridgehead atoms. The minimum Gasteiger partial charge on any atom is -0.267 e. The van der Waals surface area contributed by atoms with E-state index in [-0.39, 0.29) is 5.56 Å². The van der Waals surface area contributed by atoms with Crippen LogP contribution in [0, 0.1) is 11.6 Å². The number of fused-ring (bicyclic) bond motifs is 2. The van der Waals surface area contributed by atoms with Gasteiger partial charge in [-0.05, 0) is 29.8 Å². The van der Waals surface area contributed by atoms with Gasteiger partial charge in [0.1, 0.15) is 11.6 Å². The molecule has 4 nitrogen and oxygen atoms in total. The summed E-state index contributed by atoms with van der Waals surface area (Å²) in [5.74, 6) is -1.36. The molecule has 0 saturated heterocycles. The highest BCUT2D eigenvalue weighted by Crippen LogP contribution is 2.32. The third kappa shape index (κ3) is 3.37. The van der Waals surface area contributed by atoms with Crippen LogP contribution in [-0.2, 0) is 13.0 Å². The zero-order valence-corrected chi connectivity index (χ0v) is 16.5. The van der Waals surface area contributed by atoms with Crippen LogP contribution in [0.2, 0.25) is 0 Å². The van der Waals surface area contributed by atoms with Crippen molar-refractivity contribution in [2.75, 3.05) is 0 Å². The van der Waals surface area contributed by atoms with Crippen LogP contribution in [0.25, 0.3) is 32.1 Å². The summed E-state index contributed by atoms with van der Waals surface area (Å²) in [5, 5.41) is 7.48. The maximum absolute atomic E-state index is 13.7. The van der Waals surface area contributed by atoms with Gasteiger partial charge >= 0.3 is 0 Å². The van der Waals surface area contributed by atoms with Crippen LogP contribution in [0.5, 0.6) is 0 Å². The summed E-state index contributed by atoms with van der Waals surface area (Å²) in [4.78, 5) is 17.7. The van der Waals surface area contributed by atoms with Crippen molar-refractivity contribution in [3.63, 3.8) is 0 Å². The Hall–Kier alpha value is -3.45. The second-order valence-corrected chi connectivity index (χ2v) is 7.88. The lowest BCUT2D eigenvalue weighted by Gasteiger charge is -2.07. The van der Waals surface area contributed by atoms with E-state index in [4.69, 9.17) is 0 Å². The summed E-state index contributed by atoms with van der Waals surface area (Å²) in [6.07, 6.45) is 2.16. The highest BCUT2D eigenvalue weighted by atomic mass is 32.1. The Balaban J connectivity index is 1.50. The topological polar surface area (TPSA) is 47.8 Å². The molecule has 0 fully saturated rings. The molecule has 0 aliphatic rings. The van der Waals surface area contributed by atoms with Crippen molar-refractivity contribution in [1.82, 2.24) is 14.8 Å². The number of aromatic nitrogens is 3. The summed E-state index contributed by atoms with van der Waals surface area (Å²) < 4.78 is 29.4. The number of nitrogens with zero attached hydrogens (tertiary/aromatic N) is 3. The fraction of sp³-hybridized carbons (Fsp3) is 0.0870. The van der Waals surface area contributed by atoms with Crippen LogP contribution < -0.4 is 5.56 Å². The lowest BCUT2D eigenvalue weighted by molar-refractivity contribution is 0.580. The van der Waals surface area contributed by atoms with E-state index in [1.165, 1.54) is 28.2 Å². The van der Waals surface area contributed by atoms with Gasteiger partial charge in [-0.25, -0.2) is 13.5 Å². The van der Waals surface area contributed by atoms with Crippen LogP contribution in [0.4, 0.5) is 8.78 Å². The SMILES string of the molecule is O=c1c2c(-c3cc(F)cc(F)c3)csc2cnn1CCc1ccc2ccccc2n1. The van der Waals surface area contributed by atoms with E-state index in [1.54, 1.807) is 11.6 Å². The number of thiophene rings is 1. The predicted octanol–water partition coefficient (Wildman–Crippen LogP) is 5.19. The lowest BCUT2D eigenvalue weighted by Crippen LogP contribution is -2.23. The molecule has 0 aliphatic carbocycles. The summed E-state index contributed by atoms with van der Waals surface area (Å²) in [7, 11) is 0. The Bertz CT molecular complexity index is 1440. The standard InChI is InChI=1S/C23H15F2N3OS/c24-16-9-15(10-17(25)11-16)19-13-30-21-12-26-28(23(29)22(19)21)8-7-18-6-5-14-3-1-2-4-20(14)27-18/h1-6,9-13H,7-8H2. The second kappa shape index (κ2) is 7.42. The van der Waals surface area contributed by atoms with Crippen molar-refractivity contribution >= 4 is 32.3 Å². The molecule has 5 aromatic rings. The first kappa shape index (κ1) is 18.6. The van der Waals surface area contributed by atoms with Gasteiger partial charge in [-0.1, -0.05) is 24.3 Å². The predicted molar refractivity (Wildman–Crippen MR) is 115 cm³/mol. The first-order chi connectivity index (χ1) is 14.6. The van der Waals surface area contributed by atoms with Crippen LogP contribution in [0.1, 0.15) is 5.69 Å². The molecule has 5 rings (SSSR count). The summed E-state index contributed by atoms with van der Waals surface area (Å²) in [6.45, 7) is 0.354. The molecule has 3 aromatic heterocycles. The molecule has 3 heterocycles. The molecule has 2 aromatic carbocycles. The number of halogens is 2. The molecule has 0 aliphatic heterocycles. The van der Waals surface area contributed by atoms with Gasteiger partial charge < -0.3 is 0 Å². The number of rotatable bonds is 4. The molecule has 0 atom stereocenters. The van der Waals surface area contributed by atoms with E-state index >= 15 is 0 Å². The van der Waals surface area contributed by atoms with Gasteiger partial charge in [0.05, 0.1) is 28.3 Å². The van der Waals surface area contributed by atoms with E-state index in [0.29, 0.717) is 34.2 Å². The first-order valence-electron chi connectivity index (χ1n) is 9.37. The average molecular weight is 419 g/mol. The Labute approximate surface area is 174 Å². The maximum atomic E-state index is 13.7. The third-order valence-electron chi connectivity index (χ3n) is 4.99. The fourth-order valence-corrected chi connectivity index (χ4v) is 4.46. The van der Waals surface area contributed by atoms with Gasteiger partial charge in [0.2, 0.25) is 0 Å². The molecule has 0 spiro atoms. The van der Waals surface area contributed by atoms with Gasteiger partial charge in [0, 0.05) is 34.5 Å². The van der Waals surface area contributed by atoms with Gasteiger partial charge in [-0.15, -0.1) is 11.3 Å². The van der Waals surface area contributed by atoms with Crippen molar-refractivity contribution in [3.05, 3.63) is 93.9 Å². The Morgan fingerprint density at radius 3 is 2.63 bits per heavy atom. The molecule has 148 valence electrons. The van der Waals surface area contributed by atoms with Crippen LogP contribution in [0.3, 0.4) is 0 Å². The molecule has 7 heteroatoms. The van der Waals surface area contributed by atoms with Gasteiger partial charge in [0.15, 0.2) is 0 Å². The van der Waals surface area contributed by atoms with Crippen LogP contribution >= 0.6 is 11.3 Å². The van der Waals surface area contributed by atoms with Crippen LogP contribution in [-0.4, -0.2) is 14.8 Å². The van der Waals surface area contributed by atoms with E-state index in [0.717, 1.165) is 22.7 Å². The molecule has 0 saturated carbocycles. The van der Waals surface area contributed by atoms with E-state index in [2.05, 4.69) is 10.1 Å². The highest BCUT2D eigenvalue weighted by molar-refractivity contribution is 7.17. The van der Waals surface area contributed by atoms with Crippen molar-refractivity contribution in [1.29, 1.82) is 0 Å². The number of pyridine rings is 1.